The van der Waals surface area contributed by atoms with Crippen LogP contribution in [-0.4, -0.2) is 24.2 Å². The number of benzene rings is 1. The van der Waals surface area contributed by atoms with Crippen molar-refractivity contribution >= 4 is 5.97 Å². The summed E-state index contributed by atoms with van der Waals surface area (Å²) >= 11 is 0. The van der Waals surface area contributed by atoms with Crippen LogP contribution in [0.5, 0.6) is 0 Å². The van der Waals surface area contributed by atoms with E-state index in [1.165, 1.54) is 0 Å². The van der Waals surface area contributed by atoms with Gasteiger partial charge >= 0.3 is 5.97 Å². The van der Waals surface area contributed by atoms with Gasteiger partial charge in [-0.3, -0.25) is 0 Å². The molecule has 0 heterocycles. The van der Waals surface area contributed by atoms with Crippen molar-refractivity contribution in [1.29, 1.82) is 0 Å². The molecule has 0 radical (unpaired) electrons. The van der Waals surface area contributed by atoms with Crippen molar-refractivity contribution in [3.8, 4) is 0 Å². The number of nitrogens with one attached hydrogen (secondary N) is 1. The summed E-state index contributed by atoms with van der Waals surface area (Å²) < 4.78 is 0. The Morgan fingerprint density at radius 3 is 2.87 bits per heavy atom. The van der Waals surface area contributed by atoms with E-state index in [2.05, 4.69) is 12.2 Å². The van der Waals surface area contributed by atoms with E-state index in [0.29, 0.717) is 5.56 Å². The predicted octanol–water partition coefficient (Wildman–Crippen LogP) is 1.93. The molecule has 0 aromatic heterocycles. The van der Waals surface area contributed by atoms with Crippen LogP contribution in [0.4, 0.5) is 0 Å². The number of carboxylic acids is 1. The molecule has 0 aliphatic heterocycles. The molecule has 2 N–H and O–H groups in total. The average molecular weight is 207 g/mol. The summed E-state index contributed by atoms with van der Waals surface area (Å²) in [6, 6.07) is 7.10. The fourth-order valence-electron chi connectivity index (χ4n) is 1.39. The molecule has 0 unspecified atom stereocenters. The predicted molar refractivity (Wildman–Crippen MR) is 60.3 cm³/mol. The first-order valence-corrected chi connectivity index (χ1v) is 5.27. The summed E-state index contributed by atoms with van der Waals surface area (Å²) in [5, 5.41) is 12.1. The zero-order valence-electron chi connectivity index (χ0n) is 8.99. The fourth-order valence-corrected chi connectivity index (χ4v) is 1.39. The second-order valence-electron chi connectivity index (χ2n) is 3.51. The normalized spacial score (nSPS) is 10.2. The van der Waals surface area contributed by atoms with Crippen LogP contribution < -0.4 is 5.32 Å². The summed E-state index contributed by atoms with van der Waals surface area (Å²) in [4.78, 5) is 10.7. The Bertz CT molecular complexity index is 323. The third kappa shape index (κ3) is 4.13. The van der Waals surface area contributed by atoms with Gasteiger partial charge in [0, 0.05) is 0 Å². The van der Waals surface area contributed by atoms with E-state index in [0.717, 1.165) is 31.5 Å². The molecule has 0 aliphatic rings. The maximum absolute atomic E-state index is 10.7. The van der Waals surface area contributed by atoms with Crippen molar-refractivity contribution < 1.29 is 9.90 Å². The summed E-state index contributed by atoms with van der Waals surface area (Å²) in [7, 11) is 0. The van der Waals surface area contributed by atoms with Crippen LogP contribution in [0.1, 0.15) is 29.3 Å². The van der Waals surface area contributed by atoms with Crippen LogP contribution >= 0.6 is 0 Å². The maximum atomic E-state index is 10.7. The first-order chi connectivity index (χ1) is 7.24. The van der Waals surface area contributed by atoms with Gasteiger partial charge in [0.1, 0.15) is 0 Å². The van der Waals surface area contributed by atoms with Crippen molar-refractivity contribution in [1.82, 2.24) is 5.32 Å². The van der Waals surface area contributed by atoms with Crippen LogP contribution in [0.2, 0.25) is 0 Å². The molecule has 0 saturated heterocycles. The topological polar surface area (TPSA) is 49.3 Å². The second-order valence-corrected chi connectivity index (χ2v) is 3.51. The van der Waals surface area contributed by atoms with Crippen LogP contribution in [0.3, 0.4) is 0 Å². The molecular formula is C12H17NO2. The maximum Gasteiger partial charge on any atom is 0.335 e. The van der Waals surface area contributed by atoms with Crippen molar-refractivity contribution in [2.45, 2.75) is 19.8 Å². The third-order valence-electron chi connectivity index (χ3n) is 2.19. The lowest BCUT2D eigenvalue weighted by atomic mass is 10.1. The summed E-state index contributed by atoms with van der Waals surface area (Å²) in [5.41, 5.74) is 1.43. The smallest absolute Gasteiger partial charge is 0.335 e. The summed E-state index contributed by atoms with van der Waals surface area (Å²) in [6.07, 6.45) is 2.00. The van der Waals surface area contributed by atoms with Crippen molar-refractivity contribution in [3.63, 3.8) is 0 Å². The molecule has 0 fully saturated rings. The average Bonchev–Trinajstić information content (AvgIpc) is 2.25. The molecule has 0 spiro atoms. The fraction of sp³-hybridized carbons (Fsp3) is 0.417. The summed E-state index contributed by atoms with van der Waals surface area (Å²) in [5.74, 6) is -0.863. The van der Waals surface area contributed by atoms with Gasteiger partial charge in [0.05, 0.1) is 5.56 Å². The molecule has 3 heteroatoms. The van der Waals surface area contributed by atoms with Crippen molar-refractivity contribution in [2.24, 2.45) is 0 Å². The van der Waals surface area contributed by atoms with Crippen LogP contribution in [0.15, 0.2) is 24.3 Å². The quantitative estimate of drug-likeness (QED) is 0.701. The largest absolute Gasteiger partial charge is 0.478 e. The Labute approximate surface area is 90.1 Å². The lowest BCUT2D eigenvalue weighted by molar-refractivity contribution is 0.0697. The molecule has 0 amide bonds. The third-order valence-corrected chi connectivity index (χ3v) is 2.19. The van der Waals surface area contributed by atoms with E-state index in [-0.39, 0.29) is 0 Å². The van der Waals surface area contributed by atoms with E-state index in [4.69, 9.17) is 5.11 Å². The van der Waals surface area contributed by atoms with E-state index >= 15 is 0 Å². The number of rotatable bonds is 6. The molecule has 0 aliphatic carbocycles. The lowest BCUT2D eigenvalue weighted by Crippen LogP contribution is -2.17. The van der Waals surface area contributed by atoms with E-state index < -0.39 is 5.97 Å². The SMILES string of the molecule is CCCNCCc1cccc(C(=O)O)c1. The Morgan fingerprint density at radius 2 is 2.20 bits per heavy atom. The Balaban J connectivity index is 2.47. The highest BCUT2D eigenvalue weighted by Gasteiger charge is 2.02. The van der Waals surface area contributed by atoms with Crippen molar-refractivity contribution in [2.75, 3.05) is 13.1 Å². The zero-order chi connectivity index (χ0) is 11.1. The number of hydrogen-bond donors (Lipinski definition) is 2. The molecule has 0 saturated carbocycles. The van der Waals surface area contributed by atoms with Gasteiger partial charge in [0.2, 0.25) is 0 Å². The molecule has 1 aromatic carbocycles. The first kappa shape index (κ1) is 11.7. The van der Waals surface area contributed by atoms with Gasteiger partial charge < -0.3 is 10.4 Å². The number of carboxylic acid groups (broad SMARTS) is 1. The van der Waals surface area contributed by atoms with Gasteiger partial charge in [-0.25, -0.2) is 4.79 Å². The Hall–Kier alpha value is -1.35. The number of carbonyl (C=O) groups is 1. The molecule has 15 heavy (non-hydrogen) atoms. The lowest BCUT2D eigenvalue weighted by Gasteiger charge is -2.04. The van der Waals surface area contributed by atoms with E-state index in [1.54, 1.807) is 18.2 Å². The monoisotopic (exact) mass is 207 g/mol. The van der Waals surface area contributed by atoms with Gasteiger partial charge in [0.25, 0.3) is 0 Å². The number of hydrogen-bond acceptors (Lipinski definition) is 2. The zero-order valence-corrected chi connectivity index (χ0v) is 8.99. The molecule has 1 rings (SSSR count). The van der Waals surface area contributed by atoms with Gasteiger partial charge in [0.15, 0.2) is 0 Å². The van der Waals surface area contributed by atoms with Crippen LogP contribution in [0, 0.1) is 0 Å². The summed E-state index contributed by atoms with van der Waals surface area (Å²) in [6.45, 7) is 4.04. The molecule has 82 valence electrons. The first-order valence-electron chi connectivity index (χ1n) is 5.27. The van der Waals surface area contributed by atoms with Crippen molar-refractivity contribution in [3.05, 3.63) is 35.4 Å². The number of aromatic carboxylic acids is 1. The van der Waals surface area contributed by atoms with Gasteiger partial charge in [-0.2, -0.15) is 0 Å². The molecular weight excluding hydrogens is 190 g/mol. The minimum Gasteiger partial charge on any atom is -0.478 e. The van der Waals surface area contributed by atoms with Crippen LogP contribution in [-0.2, 0) is 6.42 Å². The molecule has 0 atom stereocenters. The highest BCUT2D eigenvalue weighted by atomic mass is 16.4. The Kier molecular flexibility index (Phi) is 4.84. The minimum atomic E-state index is -0.863. The van der Waals surface area contributed by atoms with Gasteiger partial charge in [-0.1, -0.05) is 19.1 Å². The molecule has 1 aromatic rings. The van der Waals surface area contributed by atoms with Gasteiger partial charge in [-0.05, 0) is 43.6 Å². The van der Waals surface area contributed by atoms with Gasteiger partial charge in [-0.15, -0.1) is 0 Å². The molecule has 0 bridgehead atoms. The highest BCUT2D eigenvalue weighted by Crippen LogP contribution is 2.05. The standard InChI is InChI=1S/C12H17NO2/c1-2-7-13-8-6-10-4-3-5-11(9-10)12(14)15/h3-5,9,13H,2,6-8H2,1H3,(H,14,15). The Morgan fingerprint density at radius 1 is 1.40 bits per heavy atom. The minimum absolute atomic E-state index is 0.364. The molecule has 3 nitrogen and oxygen atoms in total. The van der Waals surface area contributed by atoms with E-state index in [9.17, 15) is 4.79 Å². The second kappa shape index (κ2) is 6.19. The van der Waals surface area contributed by atoms with Crippen LogP contribution in [0.25, 0.3) is 0 Å². The highest BCUT2D eigenvalue weighted by molar-refractivity contribution is 5.87. The van der Waals surface area contributed by atoms with E-state index in [1.807, 2.05) is 6.07 Å².